The van der Waals surface area contributed by atoms with Crippen LogP contribution in [0, 0.1) is 0 Å². The molecule has 20 heavy (non-hydrogen) atoms. The van der Waals surface area contributed by atoms with Crippen LogP contribution in [-0.4, -0.2) is 62.7 Å². The summed E-state index contributed by atoms with van der Waals surface area (Å²) in [5, 5.41) is 0. The van der Waals surface area contributed by atoms with Gasteiger partial charge in [0.25, 0.3) is 22.0 Å². The van der Waals surface area contributed by atoms with E-state index >= 15 is 0 Å². The van der Waals surface area contributed by atoms with Crippen LogP contribution in [0.3, 0.4) is 0 Å². The average Bonchev–Trinajstić information content (AvgIpc) is 2.67. The Balaban J connectivity index is 1.57. The summed E-state index contributed by atoms with van der Waals surface area (Å²) in [5.74, 6) is -0.129. The van der Waals surface area contributed by atoms with Crippen molar-refractivity contribution in [2.75, 3.05) is 37.3 Å². The first kappa shape index (κ1) is 13.4. The molecule has 0 saturated carbocycles. The highest BCUT2D eigenvalue weighted by Crippen LogP contribution is 2.23. The van der Waals surface area contributed by atoms with Gasteiger partial charge in [-0.25, -0.2) is 0 Å². The van der Waals surface area contributed by atoms with E-state index in [1.807, 2.05) is 0 Å². The summed E-state index contributed by atoms with van der Waals surface area (Å²) in [6.45, 7) is 2.28. The van der Waals surface area contributed by atoms with Crippen molar-refractivity contribution in [2.24, 2.45) is 0 Å². The molecule has 3 heterocycles. The standard InChI is InChI=1S/C11H15N3O5S/c1-20(16,17)19-8-5-14(6-8)11-12-9(7-18-11)10(15)13-3-2-4-13/h7-8H,2-6H2,1H3. The molecule has 0 radical (unpaired) electrons. The molecule has 0 bridgehead atoms. The SMILES string of the molecule is CS(=O)(=O)OC1CN(c2nc(C(=O)N3CCC3)co2)C1. The molecule has 1 amide bonds. The predicted molar refractivity (Wildman–Crippen MR) is 69.0 cm³/mol. The molecule has 2 fully saturated rings. The number of carbonyl (C=O) groups is 1. The van der Waals surface area contributed by atoms with Crippen LogP contribution in [0.1, 0.15) is 16.9 Å². The third-order valence-corrected chi connectivity index (χ3v) is 3.91. The Morgan fingerprint density at radius 1 is 1.45 bits per heavy atom. The molecule has 1 aromatic heterocycles. The van der Waals surface area contributed by atoms with Gasteiger partial charge in [0.05, 0.1) is 19.3 Å². The zero-order valence-electron chi connectivity index (χ0n) is 11.0. The highest BCUT2D eigenvalue weighted by molar-refractivity contribution is 7.86. The summed E-state index contributed by atoms with van der Waals surface area (Å²) in [7, 11) is -3.44. The highest BCUT2D eigenvalue weighted by atomic mass is 32.2. The first-order valence-corrected chi connectivity index (χ1v) is 8.12. The Bertz CT molecular complexity index is 616. The topological polar surface area (TPSA) is 93.0 Å². The molecule has 0 spiro atoms. The van der Waals surface area contributed by atoms with Crippen LogP contribution in [0.2, 0.25) is 0 Å². The molecule has 8 nitrogen and oxygen atoms in total. The Kier molecular flexibility index (Phi) is 3.17. The molecule has 1 aromatic rings. The van der Waals surface area contributed by atoms with E-state index in [0.29, 0.717) is 19.1 Å². The number of carbonyl (C=O) groups excluding carboxylic acids is 1. The average molecular weight is 301 g/mol. The second-order valence-electron chi connectivity index (χ2n) is 4.99. The van der Waals surface area contributed by atoms with Crippen molar-refractivity contribution in [3.05, 3.63) is 12.0 Å². The lowest BCUT2D eigenvalue weighted by molar-refractivity contribution is 0.0645. The Morgan fingerprint density at radius 2 is 2.15 bits per heavy atom. The molecule has 2 saturated heterocycles. The van der Waals surface area contributed by atoms with Crippen molar-refractivity contribution in [1.82, 2.24) is 9.88 Å². The molecular formula is C11H15N3O5S. The van der Waals surface area contributed by atoms with Gasteiger partial charge in [-0.2, -0.15) is 13.4 Å². The monoisotopic (exact) mass is 301 g/mol. The van der Waals surface area contributed by atoms with Gasteiger partial charge in [0.1, 0.15) is 12.4 Å². The minimum absolute atomic E-state index is 0.129. The fraction of sp³-hybridized carbons (Fsp3) is 0.636. The molecule has 0 aromatic carbocycles. The number of hydrogen-bond acceptors (Lipinski definition) is 7. The van der Waals surface area contributed by atoms with Crippen LogP contribution >= 0.6 is 0 Å². The fourth-order valence-corrected chi connectivity index (χ4v) is 2.71. The van der Waals surface area contributed by atoms with E-state index in [2.05, 4.69) is 4.98 Å². The van der Waals surface area contributed by atoms with Crippen LogP contribution in [-0.2, 0) is 14.3 Å². The first-order chi connectivity index (χ1) is 9.42. The number of likely N-dealkylation sites (tertiary alicyclic amines) is 1. The third kappa shape index (κ3) is 2.63. The summed E-state index contributed by atoms with van der Waals surface area (Å²) >= 11 is 0. The second kappa shape index (κ2) is 4.74. The van der Waals surface area contributed by atoms with Gasteiger partial charge in [0.2, 0.25) is 0 Å². The quantitative estimate of drug-likeness (QED) is 0.704. The van der Waals surface area contributed by atoms with Crippen LogP contribution in [0.5, 0.6) is 0 Å². The van der Waals surface area contributed by atoms with Crippen molar-refractivity contribution >= 4 is 22.0 Å². The number of anilines is 1. The number of amides is 1. The van der Waals surface area contributed by atoms with Gasteiger partial charge in [0, 0.05) is 13.1 Å². The Morgan fingerprint density at radius 3 is 2.70 bits per heavy atom. The zero-order valence-corrected chi connectivity index (χ0v) is 11.8. The van der Waals surface area contributed by atoms with E-state index in [1.54, 1.807) is 9.80 Å². The number of oxazole rings is 1. The lowest BCUT2D eigenvalue weighted by Crippen LogP contribution is -2.53. The summed E-state index contributed by atoms with van der Waals surface area (Å²) in [5.41, 5.74) is 0.284. The van der Waals surface area contributed by atoms with E-state index in [1.165, 1.54) is 6.26 Å². The second-order valence-corrected chi connectivity index (χ2v) is 6.59. The van der Waals surface area contributed by atoms with Crippen LogP contribution in [0.15, 0.2) is 10.7 Å². The molecule has 9 heteroatoms. The van der Waals surface area contributed by atoms with E-state index in [9.17, 15) is 13.2 Å². The summed E-state index contributed by atoms with van der Waals surface area (Å²) < 4.78 is 32.0. The van der Waals surface area contributed by atoms with Gasteiger partial charge in [-0.15, -0.1) is 0 Å². The van der Waals surface area contributed by atoms with Crippen molar-refractivity contribution in [3.8, 4) is 0 Å². The van der Waals surface area contributed by atoms with E-state index in [4.69, 9.17) is 8.60 Å². The lowest BCUT2D eigenvalue weighted by Gasteiger charge is -2.36. The van der Waals surface area contributed by atoms with E-state index < -0.39 is 10.1 Å². The normalized spacial score (nSPS) is 19.6. The van der Waals surface area contributed by atoms with Crippen molar-refractivity contribution in [3.63, 3.8) is 0 Å². The van der Waals surface area contributed by atoms with Crippen LogP contribution in [0.4, 0.5) is 6.01 Å². The smallest absolute Gasteiger partial charge is 0.298 e. The van der Waals surface area contributed by atoms with E-state index in [0.717, 1.165) is 25.8 Å². The molecule has 0 N–H and O–H groups in total. The molecule has 110 valence electrons. The highest BCUT2D eigenvalue weighted by Gasteiger charge is 2.34. The number of nitrogens with zero attached hydrogens (tertiary/aromatic N) is 3. The number of rotatable bonds is 4. The molecule has 3 rings (SSSR count). The van der Waals surface area contributed by atoms with Crippen molar-refractivity contribution < 1.29 is 21.8 Å². The maximum absolute atomic E-state index is 11.9. The maximum atomic E-state index is 11.9. The zero-order chi connectivity index (χ0) is 14.3. The summed E-state index contributed by atoms with van der Waals surface area (Å²) in [6.07, 6.45) is 2.99. The molecule has 0 atom stereocenters. The van der Waals surface area contributed by atoms with Crippen LogP contribution < -0.4 is 4.90 Å². The van der Waals surface area contributed by atoms with Gasteiger partial charge in [-0.05, 0) is 6.42 Å². The van der Waals surface area contributed by atoms with E-state index in [-0.39, 0.29) is 17.7 Å². The largest absolute Gasteiger partial charge is 0.431 e. The maximum Gasteiger partial charge on any atom is 0.298 e. The number of hydrogen-bond donors (Lipinski definition) is 0. The lowest BCUT2D eigenvalue weighted by atomic mass is 10.2. The van der Waals surface area contributed by atoms with Crippen molar-refractivity contribution in [2.45, 2.75) is 12.5 Å². The van der Waals surface area contributed by atoms with Crippen molar-refractivity contribution in [1.29, 1.82) is 0 Å². The molecule has 0 unspecified atom stereocenters. The molecule has 2 aliphatic heterocycles. The van der Waals surface area contributed by atoms with Gasteiger partial charge < -0.3 is 14.2 Å². The van der Waals surface area contributed by atoms with Gasteiger partial charge in [-0.3, -0.25) is 8.98 Å². The molecule has 0 aliphatic carbocycles. The Hall–Kier alpha value is -1.61. The van der Waals surface area contributed by atoms with Gasteiger partial charge in [-0.1, -0.05) is 0 Å². The molecular weight excluding hydrogens is 286 g/mol. The summed E-state index contributed by atoms with van der Waals surface area (Å²) in [4.78, 5) is 19.5. The van der Waals surface area contributed by atoms with Gasteiger partial charge >= 0.3 is 0 Å². The minimum atomic E-state index is -3.44. The predicted octanol–water partition coefficient (Wildman–Crippen LogP) is -0.315. The number of aromatic nitrogens is 1. The Labute approximate surface area is 116 Å². The van der Waals surface area contributed by atoms with Crippen LogP contribution in [0.25, 0.3) is 0 Å². The van der Waals surface area contributed by atoms with Gasteiger partial charge in [0.15, 0.2) is 5.69 Å². The first-order valence-electron chi connectivity index (χ1n) is 6.30. The molecule has 2 aliphatic rings. The third-order valence-electron chi connectivity index (χ3n) is 3.28. The summed E-state index contributed by atoms with van der Waals surface area (Å²) in [6, 6.07) is 0.322. The minimum Gasteiger partial charge on any atom is -0.431 e. The fourth-order valence-electron chi connectivity index (χ4n) is 2.09.